The Morgan fingerprint density at radius 1 is 1.14 bits per heavy atom. The predicted molar refractivity (Wildman–Crippen MR) is 76.0 cm³/mol. The molecule has 0 aliphatic rings. The molecule has 4 nitrogen and oxygen atoms in total. The van der Waals surface area contributed by atoms with E-state index in [1.54, 1.807) is 24.5 Å². The molecule has 0 fully saturated rings. The van der Waals surface area contributed by atoms with Gasteiger partial charge in [0.15, 0.2) is 0 Å². The molecule has 0 spiro atoms. The summed E-state index contributed by atoms with van der Waals surface area (Å²) < 4.78 is 37.7. The van der Waals surface area contributed by atoms with Gasteiger partial charge in [-0.25, -0.2) is 0 Å². The molecule has 0 bridgehead atoms. The summed E-state index contributed by atoms with van der Waals surface area (Å²) in [5.41, 5.74) is 0.280. The summed E-state index contributed by atoms with van der Waals surface area (Å²) in [4.78, 5) is 15.6. The molecule has 0 saturated heterocycles. The van der Waals surface area contributed by atoms with Gasteiger partial charge in [0.2, 0.25) is 5.91 Å². The molecule has 1 heterocycles. The van der Waals surface area contributed by atoms with E-state index in [-0.39, 0.29) is 12.2 Å². The first-order chi connectivity index (χ1) is 10.4. The average Bonchev–Trinajstić information content (AvgIpc) is 2.48. The molecular weight excluding hydrogens is 295 g/mol. The molecule has 1 aromatic carbocycles. The van der Waals surface area contributed by atoms with Crippen LogP contribution in [-0.4, -0.2) is 17.4 Å². The van der Waals surface area contributed by atoms with Crippen molar-refractivity contribution >= 4 is 11.6 Å². The molecule has 22 heavy (non-hydrogen) atoms. The molecule has 0 atom stereocenters. The summed E-state index contributed by atoms with van der Waals surface area (Å²) in [5, 5.41) is 5.33. The topological polar surface area (TPSA) is 54.0 Å². The highest BCUT2D eigenvalue weighted by Gasteiger charge is 2.30. The van der Waals surface area contributed by atoms with Crippen LogP contribution >= 0.6 is 0 Å². The predicted octanol–water partition coefficient (Wildman–Crippen LogP) is 2.83. The van der Waals surface area contributed by atoms with E-state index in [1.807, 2.05) is 0 Å². The van der Waals surface area contributed by atoms with Crippen LogP contribution in [0.15, 0.2) is 48.8 Å². The van der Waals surface area contributed by atoms with Gasteiger partial charge in [0.05, 0.1) is 12.1 Å². The van der Waals surface area contributed by atoms with Crippen LogP contribution < -0.4 is 10.6 Å². The maximum Gasteiger partial charge on any atom is 0.416 e. The lowest BCUT2D eigenvalue weighted by Gasteiger charge is -2.10. The number of nitrogens with one attached hydrogen (secondary N) is 2. The Morgan fingerprint density at radius 2 is 1.86 bits per heavy atom. The van der Waals surface area contributed by atoms with Gasteiger partial charge in [0, 0.05) is 24.6 Å². The summed E-state index contributed by atoms with van der Waals surface area (Å²) in [6, 6.07) is 8.13. The number of aromatic nitrogens is 1. The summed E-state index contributed by atoms with van der Waals surface area (Å²) in [6.07, 6.45) is -1.15. The van der Waals surface area contributed by atoms with E-state index < -0.39 is 17.6 Å². The fourth-order valence-corrected chi connectivity index (χ4v) is 1.80. The number of carbonyl (C=O) groups is 1. The van der Waals surface area contributed by atoms with Crippen LogP contribution in [0.3, 0.4) is 0 Å². The zero-order valence-corrected chi connectivity index (χ0v) is 11.5. The molecule has 1 amide bonds. The van der Waals surface area contributed by atoms with Gasteiger partial charge in [-0.05, 0) is 35.9 Å². The fourth-order valence-electron chi connectivity index (χ4n) is 1.80. The molecule has 0 saturated carbocycles. The first-order valence-electron chi connectivity index (χ1n) is 6.52. The summed E-state index contributed by atoms with van der Waals surface area (Å²) in [6.45, 7) is 0.469. The minimum Gasteiger partial charge on any atom is -0.325 e. The molecule has 0 aliphatic carbocycles. The Bertz CT molecular complexity index is 629. The van der Waals surface area contributed by atoms with Gasteiger partial charge in [-0.2, -0.15) is 13.2 Å². The quantitative estimate of drug-likeness (QED) is 0.893. The van der Waals surface area contributed by atoms with Gasteiger partial charge >= 0.3 is 6.18 Å². The van der Waals surface area contributed by atoms with Crippen molar-refractivity contribution in [3.05, 3.63) is 59.9 Å². The third-order valence-corrected chi connectivity index (χ3v) is 2.84. The van der Waals surface area contributed by atoms with E-state index in [2.05, 4.69) is 15.6 Å². The first-order valence-corrected chi connectivity index (χ1v) is 6.52. The minimum atomic E-state index is -4.43. The number of amides is 1. The number of anilines is 1. The summed E-state index contributed by atoms with van der Waals surface area (Å²) >= 11 is 0. The van der Waals surface area contributed by atoms with Gasteiger partial charge in [-0.15, -0.1) is 0 Å². The van der Waals surface area contributed by atoms with Gasteiger partial charge in [-0.1, -0.05) is 6.07 Å². The van der Waals surface area contributed by atoms with Crippen molar-refractivity contribution in [2.45, 2.75) is 12.7 Å². The highest BCUT2D eigenvalue weighted by molar-refractivity contribution is 5.92. The minimum absolute atomic E-state index is 0.00142. The second kappa shape index (κ2) is 7.04. The third-order valence-electron chi connectivity index (χ3n) is 2.84. The third kappa shape index (κ3) is 4.85. The standard InChI is InChI=1S/C15H14F3N3O/c16-15(17,18)12-2-1-3-13(8-12)21-14(22)10-20-9-11-4-6-19-7-5-11/h1-8,20H,9-10H2,(H,21,22). The van der Waals surface area contributed by atoms with Crippen LogP contribution in [0, 0.1) is 0 Å². The van der Waals surface area contributed by atoms with E-state index in [1.165, 1.54) is 12.1 Å². The maximum atomic E-state index is 12.6. The molecule has 116 valence electrons. The normalized spacial score (nSPS) is 11.2. The molecule has 0 aliphatic heterocycles. The van der Waals surface area contributed by atoms with Gasteiger partial charge in [0.25, 0.3) is 0 Å². The number of carbonyl (C=O) groups excluding carboxylic acids is 1. The Kier molecular flexibility index (Phi) is 5.11. The highest BCUT2D eigenvalue weighted by atomic mass is 19.4. The zero-order chi connectivity index (χ0) is 16.0. The molecule has 0 unspecified atom stereocenters. The first kappa shape index (κ1) is 16.0. The monoisotopic (exact) mass is 309 g/mol. The zero-order valence-electron chi connectivity index (χ0n) is 11.5. The molecular formula is C15H14F3N3O. The number of hydrogen-bond acceptors (Lipinski definition) is 3. The van der Waals surface area contributed by atoms with Crippen molar-refractivity contribution in [3.63, 3.8) is 0 Å². The number of alkyl halides is 3. The van der Waals surface area contributed by atoms with Crippen molar-refractivity contribution in [2.75, 3.05) is 11.9 Å². The Labute approximate surface area is 125 Å². The Hall–Kier alpha value is -2.41. The number of nitrogens with zero attached hydrogens (tertiary/aromatic N) is 1. The van der Waals surface area contributed by atoms with Crippen molar-refractivity contribution < 1.29 is 18.0 Å². The van der Waals surface area contributed by atoms with E-state index in [0.29, 0.717) is 6.54 Å². The lowest BCUT2D eigenvalue weighted by Crippen LogP contribution is -2.27. The second-order valence-electron chi connectivity index (χ2n) is 4.59. The van der Waals surface area contributed by atoms with Crippen molar-refractivity contribution in [3.8, 4) is 0 Å². The lowest BCUT2D eigenvalue weighted by molar-refractivity contribution is -0.137. The summed E-state index contributed by atoms with van der Waals surface area (Å²) in [5.74, 6) is -0.409. The number of halogens is 3. The highest BCUT2D eigenvalue weighted by Crippen LogP contribution is 2.30. The van der Waals surface area contributed by atoms with Crippen molar-refractivity contribution in [1.29, 1.82) is 0 Å². The van der Waals surface area contributed by atoms with Gasteiger partial charge < -0.3 is 10.6 Å². The van der Waals surface area contributed by atoms with E-state index in [9.17, 15) is 18.0 Å². The van der Waals surface area contributed by atoms with Crippen LogP contribution in [-0.2, 0) is 17.5 Å². The molecule has 2 N–H and O–H groups in total. The smallest absolute Gasteiger partial charge is 0.325 e. The molecule has 0 radical (unpaired) electrons. The van der Waals surface area contributed by atoms with E-state index in [0.717, 1.165) is 17.7 Å². The number of rotatable bonds is 5. The van der Waals surface area contributed by atoms with Crippen LogP contribution in [0.5, 0.6) is 0 Å². The number of pyridine rings is 1. The maximum absolute atomic E-state index is 12.6. The van der Waals surface area contributed by atoms with Crippen molar-refractivity contribution in [1.82, 2.24) is 10.3 Å². The van der Waals surface area contributed by atoms with Crippen LogP contribution in [0.2, 0.25) is 0 Å². The molecule has 1 aromatic heterocycles. The second-order valence-corrected chi connectivity index (χ2v) is 4.59. The van der Waals surface area contributed by atoms with Gasteiger partial charge in [0.1, 0.15) is 0 Å². The lowest BCUT2D eigenvalue weighted by atomic mass is 10.2. The van der Waals surface area contributed by atoms with Crippen LogP contribution in [0.1, 0.15) is 11.1 Å². The molecule has 7 heteroatoms. The number of hydrogen-bond donors (Lipinski definition) is 2. The van der Waals surface area contributed by atoms with Crippen LogP contribution in [0.4, 0.5) is 18.9 Å². The largest absolute Gasteiger partial charge is 0.416 e. The summed E-state index contributed by atoms with van der Waals surface area (Å²) in [7, 11) is 0. The van der Waals surface area contributed by atoms with Crippen LogP contribution in [0.25, 0.3) is 0 Å². The molecule has 2 aromatic rings. The van der Waals surface area contributed by atoms with Gasteiger partial charge in [-0.3, -0.25) is 9.78 Å². The molecule has 2 rings (SSSR count). The number of benzene rings is 1. The average molecular weight is 309 g/mol. The Morgan fingerprint density at radius 3 is 2.55 bits per heavy atom. The van der Waals surface area contributed by atoms with E-state index in [4.69, 9.17) is 0 Å². The fraction of sp³-hybridized carbons (Fsp3) is 0.200. The Balaban J connectivity index is 1.84. The SMILES string of the molecule is O=C(CNCc1ccncc1)Nc1cccc(C(F)(F)F)c1. The van der Waals surface area contributed by atoms with E-state index >= 15 is 0 Å². The van der Waals surface area contributed by atoms with Crippen molar-refractivity contribution in [2.24, 2.45) is 0 Å².